The van der Waals surface area contributed by atoms with E-state index in [0.717, 1.165) is 50.0 Å². The molecule has 3 aromatic rings. The second-order valence-electron chi connectivity index (χ2n) is 9.44. The summed E-state index contributed by atoms with van der Waals surface area (Å²) in [6, 6.07) is 12.9. The Kier molecular flexibility index (Phi) is 8.74. The number of hydrogen-bond donors (Lipinski definition) is 2. The maximum Gasteiger partial charge on any atom is 0.255 e. The molecule has 0 saturated heterocycles. The Morgan fingerprint density at radius 3 is 2.62 bits per heavy atom. The summed E-state index contributed by atoms with van der Waals surface area (Å²) in [7, 11) is 0. The number of carbonyl (C=O) groups is 1. The van der Waals surface area contributed by atoms with Gasteiger partial charge in [0.1, 0.15) is 6.33 Å². The summed E-state index contributed by atoms with van der Waals surface area (Å²) in [5.74, 6) is -0.158. The van der Waals surface area contributed by atoms with Gasteiger partial charge in [-0.05, 0) is 55.9 Å². The SMILES string of the molecule is C=C(CCN(Cc1ccc(CNC(=O)c2c(C)ncnc2C)cc1)C1CCCc2cccnc21)N=CN. The quantitative estimate of drug-likeness (QED) is 0.321. The third-order valence-corrected chi connectivity index (χ3v) is 6.87. The lowest BCUT2D eigenvalue weighted by Crippen LogP contribution is -2.32. The molecule has 0 saturated carbocycles. The van der Waals surface area contributed by atoms with Gasteiger partial charge in [-0.1, -0.05) is 36.9 Å². The molecule has 4 rings (SSSR count). The van der Waals surface area contributed by atoms with Crippen molar-refractivity contribution in [3.8, 4) is 0 Å². The molecule has 1 aliphatic carbocycles. The maximum absolute atomic E-state index is 12.7. The minimum atomic E-state index is -0.158. The van der Waals surface area contributed by atoms with Gasteiger partial charge in [-0.3, -0.25) is 14.7 Å². The summed E-state index contributed by atoms with van der Waals surface area (Å²) in [4.78, 5) is 32.4. The fourth-order valence-corrected chi connectivity index (χ4v) is 4.92. The standard InChI is InChI=1S/C29H35N7O/c1-20(33-18-30)13-15-36(26-8-4-6-25-7-5-14-31-28(25)26)17-24-11-9-23(10-12-24)16-32-29(37)27-21(2)34-19-35-22(27)3/h5,7,9-12,14,18-19,26H,1,4,6,8,13,15-17H2,2-3H3,(H2,30,33)(H,32,37). The zero-order valence-electron chi connectivity index (χ0n) is 21.7. The molecule has 1 aromatic carbocycles. The Morgan fingerprint density at radius 1 is 1.16 bits per heavy atom. The molecule has 8 heteroatoms. The van der Waals surface area contributed by atoms with Crippen LogP contribution in [0.2, 0.25) is 0 Å². The Morgan fingerprint density at radius 2 is 1.89 bits per heavy atom. The summed E-state index contributed by atoms with van der Waals surface area (Å²) >= 11 is 0. The van der Waals surface area contributed by atoms with Gasteiger partial charge in [0.2, 0.25) is 0 Å². The Bertz CT molecular complexity index is 1250. The summed E-state index contributed by atoms with van der Waals surface area (Å²) in [5, 5.41) is 2.99. The third-order valence-electron chi connectivity index (χ3n) is 6.87. The van der Waals surface area contributed by atoms with Crippen LogP contribution in [0.15, 0.2) is 66.2 Å². The normalized spacial score (nSPS) is 15.1. The topological polar surface area (TPSA) is 109 Å². The van der Waals surface area contributed by atoms with Gasteiger partial charge in [-0.2, -0.15) is 0 Å². The van der Waals surface area contributed by atoms with Crippen LogP contribution in [-0.4, -0.2) is 38.6 Å². The Hall–Kier alpha value is -3.91. The van der Waals surface area contributed by atoms with E-state index in [1.807, 2.05) is 26.1 Å². The molecule has 192 valence electrons. The first kappa shape index (κ1) is 26.2. The number of aryl methyl sites for hydroxylation is 3. The van der Waals surface area contributed by atoms with Gasteiger partial charge in [0.25, 0.3) is 5.91 Å². The van der Waals surface area contributed by atoms with Crippen molar-refractivity contribution in [2.45, 2.75) is 58.7 Å². The lowest BCUT2D eigenvalue weighted by molar-refractivity contribution is 0.0948. The molecule has 0 spiro atoms. The van der Waals surface area contributed by atoms with Crippen LogP contribution in [-0.2, 0) is 19.5 Å². The maximum atomic E-state index is 12.7. The van der Waals surface area contributed by atoms with Crippen molar-refractivity contribution in [1.82, 2.24) is 25.2 Å². The fourth-order valence-electron chi connectivity index (χ4n) is 4.92. The number of nitrogens with zero attached hydrogens (tertiary/aromatic N) is 5. The molecule has 1 unspecified atom stereocenters. The minimum Gasteiger partial charge on any atom is -0.390 e. The van der Waals surface area contributed by atoms with Crippen molar-refractivity contribution in [3.05, 3.63) is 101 Å². The van der Waals surface area contributed by atoms with Crippen molar-refractivity contribution in [3.63, 3.8) is 0 Å². The van der Waals surface area contributed by atoms with Gasteiger partial charge >= 0.3 is 0 Å². The highest BCUT2D eigenvalue weighted by Crippen LogP contribution is 2.34. The number of pyridine rings is 1. The van der Waals surface area contributed by atoms with Gasteiger partial charge in [0.15, 0.2) is 0 Å². The first-order chi connectivity index (χ1) is 18.0. The van der Waals surface area contributed by atoms with Crippen LogP contribution >= 0.6 is 0 Å². The van der Waals surface area contributed by atoms with Crippen LogP contribution in [0, 0.1) is 13.8 Å². The summed E-state index contributed by atoms with van der Waals surface area (Å²) < 4.78 is 0. The molecule has 0 aliphatic heterocycles. The van der Waals surface area contributed by atoms with Crippen LogP contribution in [0.4, 0.5) is 0 Å². The van der Waals surface area contributed by atoms with Crippen LogP contribution in [0.1, 0.15) is 69.4 Å². The van der Waals surface area contributed by atoms with E-state index in [-0.39, 0.29) is 11.9 Å². The number of aliphatic imine (C=N–C) groups is 1. The zero-order chi connectivity index (χ0) is 26.2. The molecule has 1 atom stereocenters. The summed E-state index contributed by atoms with van der Waals surface area (Å²) in [6.45, 7) is 9.71. The van der Waals surface area contributed by atoms with Crippen molar-refractivity contribution in [2.75, 3.05) is 6.54 Å². The van der Waals surface area contributed by atoms with Crippen molar-refractivity contribution >= 4 is 12.2 Å². The average Bonchev–Trinajstić information content (AvgIpc) is 2.90. The summed E-state index contributed by atoms with van der Waals surface area (Å²) in [5.41, 5.74) is 12.9. The highest BCUT2D eigenvalue weighted by atomic mass is 16.1. The predicted molar refractivity (Wildman–Crippen MR) is 146 cm³/mol. The molecule has 0 radical (unpaired) electrons. The number of amides is 1. The molecule has 8 nitrogen and oxygen atoms in total. The van der Waals surface area contributed by atoms with E-state index in [1.165, 1.54) is 29.5 Å². The van der Waals surface area contributed by atoms with Gasteiger partial charge in [0.05, 0.1) is 35.0 Å². The number of aromatic nitrogens is 3. The number of carbonyl (C=O) groups excluding carboxylic acids is 1. The Labute approximate surface area is 218 Å². The number of nitrogens with one attached hydrogen (secondary N) is 1. The molecule has 1 aliphatic rings. The van der Waals surface area contributed by atoms with E-state index >= 15 is 0 Å². The number of fused-ring (bicyclic) bond motifs is 1. The van der Waals surface area contributed by atoms with Crippen LogP contribution < -0.4 is 11.1 Å². The van der Waals surface area contributed by atoms with Gasteiger partial charge in [-0.25, -0.2) is 15.0 Å². The number of benzene rings is 1. The molecule has 0 bridgehead atoms. The third kappa shape index (κ3) is 6.65. The highest BCUT2D eigenvalue weighted by molar-refractivity contribution is 5.96. The molecular weight excluding hydrogens is 462 g/mol. The number of hydrogen-bond acceptors (Lipinski definition) is 6. The van der Waals surface area contributed by atoms with Gasteiger partial charge in [-0.15, -0.1) is 0 Å². The molecule has 2 heterocycles. The van der Waals surface area contributed by atoms with E-state index in [1.54, 1.807) is 0 Å². The molecular formula is C29H35N7O. The van der Waals surface area contributed by atoms with Crippen molar-refractivity contribution in [2.24, 2.45) is 10.7 Å². The second kappa shape index (κ2) is 12.4. The first-order valence-corrected chi connectivity index (χ1v) is 12.7. The molecule has 1 amide bonds. The molecule has 3 N–H and O–H groups in total. The Balaban J connectivity index is 1.45. The zero-order valence-corrected chi connectivity index (χ0v) is 21.7. The van der Waals surface area contributed by atoms with E-state index in [2.05, 4.69) is 62.1 Å². The predicted octanol–water partition coefficient (Wildman–Crippen LogP) is 4.19. The van der Waals surface area contributed by atoms with E-state index in [4.69, 9.17) is 10.7 Å². The molecule has 2 aromatic heterocycles. The fraction of sp³-hybridized carbons (Fsp3) is 0.345. The second-order valence-corrected chi connectivity index (χ2v) is 9.44. The largest absolute Gasteiger partial charge is 0.390 e. The highest BCUT2D eigenvalue weighted by Gasteiger charge is 2.27. The molecule has 37 heavy (non-hydrogen) atoms. The number of rotatable bonds is 10. The van der Waals surface area contributed by atoms with Crippen LogP contribution in [0.25, 0.3) is 0 Å². The smallest absolute Gasteiger partial charge is 0.255 e. The summed E-state index contributed by atoms with van der Waals surface area (Å²) in [6.07, 6.45) is 8.70. The van der Waals surface area contributed by atoms with Crippen molar-refractivity contribution in [1.29, 1.82) is 0 Å². The monoisotopic (exact) mass is 497 g/mol. The van der Waals surface area contributed by atoms with Gasteiger partial charge in [0, 0.05) is 37.9 Å². The number of nitrogens with two attached hydrogens (primary N) is 1. The first-order valence-electron chi connectivity index (χ1n) is 12.7. The minimum absolute atomic E-state index is 0.158. The lowest BCUT2D eigenvalue weighted by Gasteiger charge is -2.35. The van der Waals surface area contributed by atoms with Gasteiger partial charge < -0.3 is 11.1 Å². The lowest BCUT2D eigenvalue weighted by atomic mass is 9.90. The van der Waals surface area contributed by atoms with E-state index in [0.29, 0.717) is 23.5 Å². The van der Waals surface area contributed by atoms with E-state index in [9.17, 15) is 4.79 Å². The molecule has 0 fully saturated rings. The van der Waals surface area contributed by atoms with Crippen LogP contribution in [0.3, 0.4) is 0 Å². The van der Waals surface area contributed by atoms with Crippen molar-refractivity contribution < 1.29 is 4.79 Å². The average molecular weight is 498 g/mol. The van der Waals surface area contributed by atoms with Crippen LogP contribution in [0.5, 0.6) is 0 Å². The van der Waals surface area contributed by atoms with E-state index < -0.39 is 0 Å².